The van der Waals surface area contributed by atoms with E-state index in [4.69, 9.17) is 5.11 Å². The highest BCUT2D eigenvalue weighted by Gasteiger charge is 1.83. The molecule has 15 heavy (non-hydrogen) atoms. The van der Waals surface area contributed by atoms with E-state index in [0.717, 1.165) is 19.3 Å². The molecule has 0 atom stereocenters. The second-order valence-corrected chi connectivity index (χ2v) is 3.69. The van der Waals surface area contributed by atoms with Gasteiger partial charge in [0, 0.05) is 19.4 Å². The molecule has 0 aliphatic rings. The van der Waals surface area contributed by atoms with Gasteiger partial charge in [-0.2, -0.15) is 0 Å². The van der Waals surface area contributed by atoms with Gasteiger partial charge in [-0.25, -0.2) is 0 Å². The minimum Gasteiger partial charge on any atom is -0.396 e. The Hall–Kier alpha value is -0.740. The van der Waals surface area contributed by atoms with Crippen molar-refractivity contribution in [1.29, 1.82) is 0 Å². The van der Waals surface area contributed by atoms with Gasteiger partial charge in [0.15, 0.2) is 0 Å². The first-order valence-corrected chi connectivity index (χ1v) is 6.13. The molecule has 0 aromatic carbocycles. The van der Waals surface area contributed by atoms with Crippen LogP contribution >= 0.6 is 0 Å². The fourth-order valence-electron chi connectivity index (χ4n) is 1.22. The smallest absolute Gasteiger partial charge is 0.0440 e. The summed E-state index contributed by atoms with van der Waals surface area (Å²) in [5.74, 6) is 6.21. The van der Waals surface area contributed by atoms with Gasteiger partial charge < -0.3 is 5.11 Å². The molecule has 0 fully saturated rings. The van der Waals surface area contributed by atoms with Gasteiger partial charge in [0.2, 0.25) is 0 Å². The van der Waals surface area contributed by atoms with E-state index >= 15 is 0 Å². The van der Waals surface area contributed by atoms with Crippen molar-refractivity contribution < 1.29 is 5.11 Å². The zero-order valence-electron chi connectivity index (χ0n) is 9.97. The molecule has 0 spiro atoms. The normalized spacial score (nSPS) is 10.3. The zero-order valence-corrected chi connectivity index (χ0v) is 9.97. The number of aliphatic hydroxyl groups excluding tert-OH is 1. The molecule has 86 valence electrons. The number of aliphatic hydroxyl groups is 1. The van der Waals surface area contributed by atoms with Crippen LogP contribution in [-0.2, 0) is 0 Å². The lowest BCUT2D eigenvalue weighted by atomic mass is 10.1. The molecular formula is C14H24O. The van der Waals surface area contributed by atoms with Crippen molar-refractivity contribution in [2.75, 3.05) is 6.61 Å². The average Bonchev–Trinajstić information content (AvgIpc) is 2.26. The van der Waals surface area contributed by atoms with Crippen LogP contribution in [0.3, 0.4) is 0 Å². The highest BCUT2D eigenvalue weighted by atomic mass is 16.2. The molecule has 0 radical (unpaired) electrons. The summed E-state index contributed by atoms with van der Waals surface area (Å²) in [6.45, 7) is 2.46. The van der Waals surface area contributed by atoms with E-state index in [1.807, 2.05) is 0 Å². The monoisotopic (exact) mass is 208 g/mol. The second kappa shape index (κ2) is 13.3. The third-order valence-corrected chi connectivity index (χ3v) is 2.13. The van der Waals surface area contributed by atoms with Crippen LogP contribution < -0.4 is 0 Å². The quantitative estimate of drug-likeness (QED) is 0.366. The first-order valence-electron chi connectivity index (χ1n) is 6.13. The summed E-state index contributed by atoms with van der Waals surface area (Å²) in [6.07, 6.45) is 13.3. The molecule has 0 aliphatic heterocycles. The van der Waals surface area contributed by atoms with E-state index in [-0.39, 0.29) is 6.61 Å². The van der Waals surface area contributed by atoms with Crippen molar-refractivity contribution >= 4 is 0 Å². The second-order valence-electron chi connectivity index (χ2n) is 3.69. The SMILES string of the molecule is CCC/C=C\CCCCC#CCCCO. The van der Waals surface area contributed by atoms with Gasteiger partial charge in [0.05, 0.1) is 0 Å². The number of allylic oxidation sites excluding steroid dienone is 2. The predicted molar refractivity (Wildman–Crippen MR) is 66.6 cm³/mol. The van der Waals surface area contributed by atoms with Crippen molar-refractivity contribution in [1.82, 2.24) is 0 Å². The first-order chi connectivity index (χ1) is 7.41. The van der Waals surface area contributed by atoms with Crippen LogP contribution in [0.2, 0.25) is 0 Å². The standard InChI is InChI=1S/C14H24O/c1-2-3-4-5-6-7-8-9-10-11-12-13-14-15/h4-5,15H,2-3,6-9,12-14H2,1H3/b5-4-. The van der Waals surface area contributed by atoms with Gasteiger partial charge in [-0.15, -0.1) is 11.8 Å². The Morgan fingerprint density at radius 2 is 1.60 bits per heavy atom. The van der Waals surface area contributed by atoms with Crippen LogP contribution in [0.4, 0.5) is 0 Å². The lowest BCUT2D eigenvalue weighted by Gasteiger charge is -1.91. The number of hydrogen-bond donors (Lipinski definition) is 1. The summed E-state index contributed by atoms with van der Waals surface area (Å²) in [7, 11) is 0. The van der Waals surface area contributed by atoms with E-state index in [2.05, 4.69) is 30.9 Å². The Bertz CT molecular complexity index is 195. The number of rotatable bonds is 8. The van der Waals surface area contributed by atoms with Crippen molar-refractivity contribution in [2.24, 2.45) is 0 Å². The molecule has 1 heteroatoms. The number of unbranched alkanes of at least 4 members (excludes halogenated alkanes) is 5. The fraction of sp³-hybridized carbons (Fsp3) is 0.714. The molecule has 1 nitrogen and oxygen atoms in total. The molecule has 0 saturated carbocycles. The van der Waals surface area contributed by atoms with Gasteiger partial charge in [-0.1, -0.05) is 25.5 Å². The minimum atomic E-state index is 0.261. The third kappa shape index (κ3) is 13.3. The number of hydrogen-bond acceptors (Lipinski definition) is 1. The third-order valence-electron chi connectivity index (χ3n) is 2.13. The summed E-state index contributed by atoms with van der Waals surface area (Å²) in [5.41, 5.74) is 0. The highest BCUT2D eigenvalue weighted by Crippen LogP contribution is 2.01. The molecule has 0 aromatic heterocycles. The minimum absolute atomic E-state index is 0.261. The summed E-state index contributed by atoms with van der Waals surface area (Å²) in [6, 6.07) is 0. The molecule has 1 N–H and O–H groups in total. The Morgan fingerprint density at radius 1 is 0.933 bits per heavy atom. The van der Waals surface area contributed by atoms with E-state index in [1.165, 1.54) is 32.1 Å². The van der Waals surface area contributed by atoms with Crippen molar-refractivity contribution in [3.05, 3.63) is 12.2 Å². The maximum atomic E-state index is 8.53. The lowest BCUT2D eigenvalue weighted by Crippen LogP contribution is -1.79. The van der Waals surface area contributed by atoms with Crippen LogP contribution in [-0.4, -0.2) is 11.7 Å². The van der Waals surface area contributed by atoms with E-state index in [1.54, 1.807) is 0 Å². The molecule has 0 aliphatic carbocycles. The molecule has 0 rings (SSSR count). The Labute approximate surface area is 94.6 Å². The van der Waals surface area contributed by atoms with E-state index < -0.39 is 0 Å². The molecule has 0 heterocycles. The van der Waals surface area contributed by atoms with Gasteiger partial charge >= 0.3 is 0 Å². The summed E-state index contributed by atoms with van der Waals surface area (Å²) in [4.78, 5) is 0. The molecule has 0 saturated heterocycles. The van der Waals surface area contributed by atoms with Crippen LogP contribution in [0.25, 0.3) is 0 Å². The maximum Gasteiger partial charge on any atom is 0.0440 e. The van der Waals surface area contributed by atoms with E-state index in [9.17, 15) is 0 Å². The van der Waals surface area contributed by atoms with Crippen LogP contribution in [0.15, 0.2) is 12.2 Å². The van der Waals surface area contributed by atoms with Gasteiger partial charge in [-0.05, 0) is 32.1 Å². The highest BCUT2D eigenvalue weighted by molar-refractivity contribution is 4.98. The lowest BCUT2D eigenvalue weighted by molar-refractivity contribution is 0.290. The largest absolute Gasteiger partial charge is 0.396 e. The molecular weight excluding hydrogens is 184 g/mol. The van der Waals surface area contributed by atoms with Crippen LogP contribution in [0, 0.1) is 11.8 Å². The summed E-state index contributed by atoms with van der Waals surface area (Å²) >= 11 is 0. The van der Waals surface area contributed by atoms with Gasteiger partial charge in [0.25, 0.3) is 0 Å². The Morgan fingerprint density at radius 3 is 2.27 bits per heavy atom. The van der Waals surface area contributed by atoms with Crippen LogP contribution in [0.5, 0.6) is 0 Å². The van der Waals surface area contributed by atoms with E-state index in [0.29, 0.717) is 0 Å². The summed E-state index contributed by atoms with van der Waals surface area (Å²) in [5, 5.41) is 8.53. The predicted octanol–water partition coefficient (Wildman–Crippen LogP) is 3.68. The Balaban J connectivity index is 3.12. The first kappa shape index (κ1) is 14.3. The molecule has 0 amide bonds. The molecule has 0 unspecified atom stereocenters. The maximum absolute atomic E-state index is 8.53. The topological polar surface area (TPSA) is 20.2 Å². The van der Waals surface area contributed by atoms with Crippen molar-refractivity contribution in [3.63, 3.8) is 0 Å². The van der Waals surface area contributed by atoms with Crippen LogP contribution in [0.1, 0.15) is 58.3 Å². The van der Waals surface area contributed by atoms with Gasteiger partial charge in [0.1, 0.15) is 0 Å². The summed E-state index contributed by atoms with van der Waals surface area (Å²) < 4.78 is 0. The Kier molecular flexibility index (Phi) is 12.6. The molecule has 0 aromatic rings. The average molecular weight is 208 g/mol. The van der Waals surface area contributed by atoms with Crippen molar-refractivity contribution in [3.8, 4) is 11.8 Å². The fourth-order valence-corrected chi connectivity index (χ4v) is 1.22. The molecule has 0 bridgehead atoms. The van der Waals surface area contributed by atoms with Gasteiger partial charge in [-0.3, -0.25) is 0 Å². The zero-order chi connectivity index (χ0) is 11.2. The van der Waals surface area contributed by atoms with Crippen molar-refractivity contribution in [2.45, 2.75) is 58.3 Å².